The van der Waals surface area contributed by atoms with Gasteiger partial charge >= 0.3 is 11.9 Å². The third kappa shape index (κ3) is 14.9. The minimum atomic E-state index is -0.271. The number of hydrogen-bond donors (Lipinski definition) is 0. The topological polar surface area (TPSA) is 71.1 Å². The first-order valence-corrected chi connectivity index (χ1v) is 7.11. The van der Waals surface area contributed by atoms with Gasteiger partial charge in [-0.1, -0.05) is 13.3 Å². The Balaban J connectivity index is 0.000000493. The second-order valence-electron chi connectivity index (χ2n) is 4.24. The first-order valence-electron chi connectivity index (χ1n) is 7.11. The van der Waals surface area contributed by atoms with E-state index in [9.17, 15) is 9.59 Å². The van der Waals surface area contributed by atoms with Gasteiger partial charge in [0.25, 0.3) is 0 Å². The second-order valence-corrected chi connectivity index (χ2v) is 4.24. The third-order valence-corrected chi connectivity index (χ3v) is 2.34. The molecular formula is C14H26O6. The lowest BCUT2D eigenvalue weighted by Gasteiger charge is -2.05. The molecule has 0 atom stereocenters. The smallest absolute Gasteiger partial charge is 0.305 e. The Hall–Kier alpha value is -1.14. The van der Waals surface area contributed by atoms with Crippen LogP contribution in [0.2, 0.25) is 0 Å². The largest absolute Gasteiger partial charge is 0.466 e. The van der Waals surface area contributed by atoms with Crippen molar-refractivity contribution < 1.29 is 28.5 Å². The average Bonchev–Trinajstić information content (AvgIpc) is 2.88. The maximum absolute atomic E-state index is 10.3. The molecule has 0 bridgehead atoms. The molecule has 20 heavy (non-hydrogen) atoms. The van der Waals surface area contributed by atoms with Gasteiger partial charge in [0.05, 0.1) is 26.4 Å². The van der Waals surface area contributed by atoms with E-state index in [1.54, 1.807) is 0 Å². The summed E-state index contributed by atoms with van der Waals surface area (Å²) in [6, 6.07) is 0. The van der Waals surface area contributed by atoms with Crippen molar-refractivity contribution >= 4 is 11.9 Å². The van der Waals surface area contributed by atoms with E-state index in [4.69, 9.17) is 9.47 Å². The molecule has 1 heterocycles. The fourth-order valence-electron chi connectivity index (χ4n) is 1.29. The quantitative estimate of drug-likeness (QED) is 0.475. The molecular weight excluding hydrogens is 264 g/mol. The zero-order valence-corrected chi connectivity index (χ0v) is 12.5. The maximum atomic E-state index is 10.3. The molecule has 0 N–H and O–H groups in total. The molecule has 0 saturated carbocycles. The molecule has 0 aromatic heterocycles. The number of carbonyl (C=O) groups excluding carboxylic acids is 2. The predicted molar refractivity (Wildman–Crippen MR) is 73.4 cm³/mol. The van der Waals surface area contributed by atoms with Gasteiger partial charge < -0.3 is 18.9 Å². The fourth-order valence-corrected chi connectivity index (χ4v) is 1.29. The molecule has 1 aliphatic heterocycles. The lowest BCUT2D eigenvalue weighted by Crippen LogP contribution is -2.11. The summed E-state index contributed by atoms with van der Waals surface area (Å²) in [5, 5.41) is 0. The van der Waals surface area contributed by atoms with Gasteiger partial charge in [0.2, 0.25) is 0 Å². The highest BCUT2D eigenvalue weighted by Crippen LogP contribution is 2.01. The van der Waals surface area contributed by atoms with E-state index < -0.39 is 0 Å². The van der Waals surface area contributed by atoms with Crippen LogP contribution >= 0.6 is 0 Å². The summed E-state index contributed by atoms with van der Waals surface area (Å²) in [5.74, 6) is -0.317. The van der Waals surface area contributed by atoms with Crippen molar-refractivity contribution in [2.75, 3.05) is 39.6 Å². The van der Waals surface area contributed by atoms with Crippen molar-refractivity contribution in [3.8, 4) is 0 Å². The Labute approximate surface area is 120 Å². The van der Waals surface area contributed by atoms with Crippen LogP contribution in [0, 0.1) is 0 Å². The molecule has 0 amide bonds. The van der Waals surface area contributed by atoms with Crippen molar-refractivity contribution in [1.29, 1.82) is 0 Å². The summed E-state index contributed by atoms with van der Waals surface area (Å²) in [7, 11) is 0. The summed E-state index contributed by atoms with van der Waals surface area (Å²) in [6.45, 7) is 6.88. The number of rotatable bonds is 9. The van der Waals surface area contributed by atoms with E-state index in [1.165, 1.54) is 6.92 Å². The number of cyclic esters (lactones) is 1. The highest BCUT2D eigenvalue weighted by atomic mass is 16.6. The third-order valence-electron chi connectivity index (χ3n) is 2.34. The highest BCUT2D eigenvalue weighted by molar-refractivity contribution is 5.70. The molecule has 0 aromatic carbocycles. The van der Waals surface area contributed by atoms with E-state index in [0.29, 0.717) is 39.5 Å². The molecule has 0 aromatic rings. The van der Waals surface area contributed by atoms with E-state index in [2.05, 4.69) is 16.4 Å². The van der Waals surface area contributed by atoms with E-state index in [-0.39, 0.29) is 11.9 Å². The lowest BCUT2D eigenvalue weighted by atomic mass is 10.4. The molecule has 1 rings (SSSR count). The Bertz CT molecular complexity index is 246. The number of unbranched alkanes of at least 4 members (excludes halogenated alkanes) is 1. The van der Waals surface area contributed by atoms with Gasteiger partial charge in [0.15, 0.2) is 0 Å². The molecule has 118 valence electrons. The van der Waals surface area contributed by atoms with Crippen molar-refractivity contribution in [2.45, 2.75) is 39.5 Å². The van der Waals surface area contributed by atoms with Crippen LogP contribution in [0.5, 0.6) is 0 Å². The van der Waals surface area contributed by atoms with E-state index in [1.807, 2.05) is 0 Å². The Kier molecular flexibility index (Phi) is 13.5. The summed E-state index contributed by atoms with van der Waals surface area (Å²) in [6.07, 6.45) is 3.78. The monoisotopic (exact) mass is 290 g/mol. The predicted octanol–water partition coefficient (Wildman–Crippen LogP) is 1.71. The molecule has 0 aliphatic carbocycles. The summed E-state index contributed by atoms with van der Waals surface area (Å²) < 4.78 is 19.6. The minimum Gasteiger partial charge on any atom is -0.466 e. The first kappa shape index (κ1) is 18.9. The second kappa shape index (κ2) is 14.3. The summed E-state index contributed by atoms with van der Waals surface area (Å²) >= 11 is 0. The number of hydrogen-bond acceptors (Lipinski definition) is 6. The Morgan fingerprint density at radius 2 is 1.80 bits per heavy atom. The Morgan fingerprint density at radius 1 is 1.15 bits per heavy atom. The molecule has 1 saturated heterocycles. The molecule has 1 aliphatic rings. The van der Waals surface area contributed by atoms with Crippen LogP contribution in [0.25, 0.3) is 0 Å². The molecule has 0 unspecified atom stereocenters. The maximum Gasteiger partial charge on any atom is 0.305 e. The molecule has 6 nitrogen and oxygen atoms in total. The van der Waals surface area contributed by atoms with E-state index >= 15 is 0 Å². The van der Waals surface area contributed by atoms with Crippen LogP contribution in [-0.4, -0.2) is 51.6 Å². The lowest BCUT2D eigenvalue weighted by molar-refractivity contribution is -0.142. The van der Waals surface area contributed by atoms with Crippen LogP contribution in [0.15, 0.2) is 0 Å². The molecule has 6 heteroatoms. The molecule has 0 spiro atoms. The van der Waals surface area contributed by atoms with Gasteiger partial charge in [0.1, 0.15) is 6.61 Å². The fraction of sp³-hybridized carbons (Fsp3) is 0.857. The van der Waals surface area contributed by atoms with E-state index in [0.717, 1.165) is 25.9 Å². The molecule has 1 fully saturated rings. The number of ether oxygens (including phenoxy) is 4. The summed E-state index contributed by atoms with van der Waals surface area (Å²) in [4.78, 5) is 20.4. The number of esters is 2. The van der Waals surface area contributed by atoms with Gasteiger partial charge in [0, 0.05) is 20.0 Å². The highest BCUT2D eigenvalue weighted by Gasteiger charge is 2.08. The van der Waals surface area contributed by atoms with Crippen LogP contribution < -0.4 is 0 Å². The van der Waals surface area contributed by atoms with Gasteiger partial charge in [-0.05, 0) is 12.8 Å². The SMILES string of the molecule is CCCCOCCOCCOC(C)=O.O=C1CCCO1. The van der Waals surface area contributed by atoms with Crippen LogP contribution in [0.1, 0.15) is 39.5 Å². The van der Waals surface area contributed by atoms with Gasteiger partial charge in [-0.25, -0.2) is 0 Å². The normalized spacial score (nSPS) is 13.4. The standard InChI is InChI=1S/C10H20O4.C4H6O2/c1-3-4-5-12-6-7-13-8-9-14-10(2)11;5-4-2-1-3-6-4/h3-9H2,1-2H3;1-3H2. The van der Waals surface area contributed by atoms with Gasteiger partial charge in [-0.15, -0.1) is 0 Å². The van der Waals surface area contributed by atoms with Crippen molar-refractivity contribution in [3.05, 3.63) is 0 Å². The van der Waals surface area contributed by atoms with Crippen LogP contribution in [-0.2, 0) is 28.5 Å². The van der Waals surface area contributed by atoms with Crippen LogP contribution in [0.3, 0.4) is 0 Å². The average molecular weight is 290 g/mol. The number of carbonyl (C=O) groups is 2. The van der Waals surface area contributed by atoms with Crippen molar-refractivity contribution in [3.63, 3.8) is 0 Å². The van der Waals surface area contributed by atoms with Crippen molar-refractivity contribution in [2.24, 2.45) is 0 Å². The zero-order valence-electron chi connectivity index (χ0n) is 12.5. The van der Waals surface area contributed by atoms with Crippen molar-refractivity contribution in [1.82, 2.24) is 0 Å². The van der Waals surface area contributed by atoms with Crippen LogP contribution in [0.4, 0.5) is 0 Å². The van der Waals surface area contributed by atoms with Gasteiger partial charge in [-0.3, -0.25) is 9.59 Å². The first-order chi connectivity index (χ1) is 9.66. The molecule has 0 radical (unpaired) electrons. The Morgan fingerprint density at radius 3 is 2.25 bits per heavy atom. The van der Waals surface area contributed by atoms with Gasteiger partial charge in [-0.2, -0.15) is 0 Å². The zero-order chi connectivity index (χ0) is 15.1. The minimum absolute atomic E-state index is 0.0463. The summed E-state index contributed by atoms with van der Waals surface area (Å²) in [5.41, 5.74) is 0.